The van der Waals surface area contributed by atoms with Gasteiger partial charge in [-0.05, 0) is 112 Å². The number of carbonyl (C=O) groups excluding carboxylic acids is 2. The molecule has 51 heavy (non-hydrogen) atoms. The molecule has 274 valence electrons. The molecular weight excluding hydrogens is 644 g/mol. The summed E-state index contributed by atoms with van der Waals surface area (Å²) in [4.78, 5) is 23.1. The van der Waals surface area contributed by atoms with Crippen molar-refractivity contribution in [2.75, 3.05) is 26.9 Å². The Morgan fingerprint density at radius 3 is 1.94 bits per heavy atom. The van der Waals surface area contributed by atoms with Gasteiger partial charge in [-0.25, -0.2) is 4.79 Å². The molecule has 0 aliphatic rings. The van der Waals surface area contributed by atoms with Crippen LogP contribution in [0.15, 0.2) is 72.8 Å². The summed E-state index contributed by atoms with van der Waals surface area (Å²) < 4.78 is 15.0. The smallest absolute Gasteiger partial charge is 0.343 e. The molecule has 5 atom stereocenters. The second-order valence-electron chi connectivity index (χ2n) is 13.8. The van der Waals surface area contributed by atoms with Gasteiger partial charge in [-0.2, -0.15) is 10.5 Å². The predicted molar refractivity (Wildman–Crippen MR) is 197 cm³/mol. The van der Waals surface area contributed by atoms with Gasteiger partial charge in [0.05, 0.1) is 43.1 Å². The molecule has 0 fully saturated rings. The number of methoxy groups -OCH3 is 1. The zero-order valence-electron chi connectivity index (χ0n) is 31.1. The molecule has 2 N–H and O–H groups in total. The van der Waals surface area contributed by atoms with Crippen LogP contribution in [0.25, 0.3) is 0 Å². The molecule has 0 aliphatic heterocycles. The van der Waals surface area contributed by atoms with Crippen LogP contribution in [-0.2, 0) is 19.1 Å². The van der Waals surface area contributed by atoms with Gasteiger partial charge in [-0.1, -0.05) is 67.9 Å². The summed E-state index contributed by atoms with van der Waals surface area (Å²) in [5.74, 6) is 0.0490. The molecule has 0 spiro atoms. The van der Waals surface area contributed by atoms with Gasteiger partial charge >= 0.3 is 11.9 Å². The number of phenols is 1. The molecular formula is C42H54N2O7. The molecule has 3 rings (SSSR count). The standard InChI is InChI=1S/C25H28N2O4.C17H26O3/c1-17(19-6-10-24(11-7-19)31-16-25(29)30-3)12-21(13-22(15-27)18(2)14-26)20-4-8-23(28)9-5-20;1-13-5-7-15(8-6-13)14(2)9-10-17(3,4)16(19)20-12-11-18/h4-11,17-18,21-22,28H,12-13,16H2,1-3H3;5-8,14,18H,9-12H2,1-4H3. The van der Waals surface area contributed by atoms with Crippen LogP contribution in [0.3, 0.4) is 0 Å². The van der Waals surface area contributed by atoms with Crippen molar-refractivity contribution >= 4 is 11.9 Å². The van der Waals surface area contributed by atoms with Gasteiger partial charge in [-0.15, -0.1) is 0 Å². The zero-order valence-corrected chi connectivity index (χ0v) is 31.1. The summed E-state index contributed by atoms with van der Waals surface area (Å²) >= 11 is 0. The van der Waals surface area contributed by atoms with E-state index in [0.29, 0.717) is 18.1 Å². The van der Waals surface area contributed by atoms with Crippen molar-refractivity contribution in [2.24, 2.45) is 17.3 Å². The maximum absolute atomic E-state index is 11.9. The van der Waals surface area contributed by atoms with Crippen LogP contribution < -0.4 is 4.74 Å². The number of ether oxygens (including phenoxy) is 3. The van der Waals surface area contributed by atoms with E-state index in [1.54, 1.807) is 19.1 Å². The molecule has 0 saturated heterocycles. The van der Waals surface area contributed by atoms with Crippen molar-refractivity contribution in [1.29, 1.82) is 10.5 Å². The number of aliphatic hydroxyl groups excluding tert-OH is 1. The Morgan fingerprint density at radius 1 is 0.824 bits per heavy atom. The molecule has 9 nitrogen and oxygen atoms in total. The number of esters is 2. The molecule has 0 bridgehead atoms. The Bertz CT molecular complexity index is 1570. The number of rotatable bonds is 17. The van der Waals surface area contributed by atoms with Crippen molar-refractivity contribution in [3.63, 3.8) is 0 Å². The van der Waals surface area contributed by atoms with Crippen LogP contribution in [0.5, 0.6) is 11.5 Å². The Balaban J connectivity index is 0.000000389. The first-order valence-electron chi connectivity index (χ1n) is 17.5. The molecule has 0 saturated carbocycles. The first-order valence-corrected chi connectivity index (χ1v) is 17.5. The minimum atomic E-state index is -0.506. The fraction of sp³-hybridized carbons (Fsp3) is 0.476. The molecule has 0 aromatic heterocycles. The number of phenolic OH excluding ortho intramolecular Hbond substituents is 1. The summed E-state index contributed by atoms with van der Waals surface area (Å²) in [6.45, 7) is 11.8. The number of carbonyl (C=O) groups is 2. The number of aromatic hydroxyl groups is 1. The summed E-state index contributed by atoms with van der Waals surface area (Å²) in [6.07, 6.45) is 3.06. The van der Waals surface area contributed by atoms with Gasteiger partial charge in [0.2, 0.25) is 0 Å². The maximum Gasteiger partial charge on any atom is 0.343 e. The highest BCUT2D eigenvalue weighted by Crippen LogP contribution is 2.37. The lowest BCUT2D eigenvalue weighted by atomic mass is 9.78. The number of aliphatic hydroxyl groups is 1. The number of hydrogen-bond donors (Lipinski definition) is 2. The Morgan fingerprint density at radius 2 is 1.39 bits per heavy atom. The van der Waals surface area contributed by atoms with Gasteiger partial charge in [0, 0.05) is 0 Å². The monoisotopic (exact) mass is 698 g/mol. The highest BCUT2D eigenvalue weighted by molar-refractivity contribution is 5.75. The van der Waals surface area contributed by atoms with Gasteiger partial charge < -0.3 is 24.4 Å². The van der Waals surface area contributed by atoms with Crippen LogP contribution in [0.2, 0.25) is 0 Å². The van der Waals surface area contributed by atoms with E-state index in [1.807, 2.05) is 50.2 Å². The highest BCUT2D eigenvalue weighted by atomic mass is 16.6. The SMILES string of the molecule is COC(=O)COc1ccc(C(C)CC(CC(C#N)C(C)C#N)c2ccc(O)cc2)cc1.Cc1ccc(C(C)CCC(C)(C)C(=O)OCCO)cc1. The molecule has 0 heterocycles. The first kappa shape index (κ1) is 42.3. The van der Waals surface area contributed by atoms with E-state index in [2.05, 4.69) is 61.9 Å². The fourth-order valence-corrected chi connectivity index (χ4v) is 5.61. The van der Waals surface area contributed by atoms with E-state index in [0.717, 1.165) is 30.4 Å². The molecule has 3 aromatic rings. The minimum Gasteiger partial charge on any atom is -0.508 e. The molecule has 5 unspecified atom stereocenters. The lowest BCUT2D eigenvalue weighted by molar-refractivity contribution is -0.155. The number of aryl methyl sites for hydroxylation is 1. The molecule has 9 heteroatoms. The van der Waals surface area contributed by atoms with E-state index in [4.69, 9.17) is 14.6 Å². The zero-order chi connectivity index (χ0) is 38.0. The van der Waals surface area contributed by atoms with E-state index in [1.165, 1.54) is 18.2 Å². The summed E-state index contributed by atoms with van der Waals surface area (Å²) in [7, 11) is 1.31. The van der Waals surface area contributed by atoms with Crippen LogP contribution in [0.4, 0.5) is 0 Å². The van der Waals surface area contributed by atoms with Crippen LogP contribution in [-0.4, -0.2) is 49.1 Å². The average Bonchev–Trinajstić information content (AvgIpc) is 3.14. The first-order chi connectivity index (χ1) is 24.2. The van der Waals surface area contributed by atoms with Crippen molar-refractivity contribution < 1.29 is 34.0 Å². The second kappa shape index (κ2) is 21.4. The van der Waals surface area contributed by atoms with E-state index >= 15 is 0 Å². The van der Waals surface area contributed by atoms with Gasteiger partial charge in [0.15, 0.2) is 6.61 Å². The Kier molecular flexibility index (Phi) is 17.7. The molecule has 3 aromatic carbocycles. The van der Waals surface area contributed by atoms with Crippen molar-refractivity contribution in [3.8, 4) is 23.6 Å². The van der Waals surface area contributed by atoms with Crippen molar-refractivity contribution in [2.45, 2.75) is 85.0 Å². The quantitative estimate of drug-likeness (QED) is 0.133. The third kappa shape index (κ3) is 14.5. The maximum atomic E-state index is 11.9. The summed E-state index contributed by atoms with van der Waals surface area (Å²) in [5, 5.41) is 37.2. The van der Waals surface area contributed by atoms with Crippen molar-refractivity contribution in [1.82, 2.24) is 0 Å². The number of nitriles is 2. The molecule has 0 radical (unpaired) electrons. The summed E-state index contributed by atoms with van der Waals surface area (Å²) in [6, 6.07) is 27.6. The third-order valence-electron chi connectivity index (χ3n) is 9.27. The summed E-state index contributed by atoms with van der Waals surface area (Å²) in [5.41, 5.74) is 4.20. The molecule has 0 aliphatic carbocycles. The van der Waals surface area contributed by atoms with Crippen molar-refractivity contribution in [3.05, 3.63) is 95.1 Å². The van der Waals surface area contributed by atoms with Crippen LogP contribution in [0.1, 0.15) is 100 Å². The predicted octanol–water partition coefficient (Wildman–Crippen LogP) is 8.35. The lowest BCUT2D eigenvalue weighted by Gasteiger charge is -2.25. The fourth-order valence-electron chi connectivity index (χ4n) is 5.61. The lowest BCUT2D eigenvalue weighted by Crippen LogP contribution is -2.28. The van der Waals surface area contributed by atoms with Crippen LogP contribution >= 0.6 is 0 Å². The second-order valence-corrected chi connectivity index (χ2v) is 13.8. The van der Waals surface area contributed by atoms with Crippen LogP contribution in [0, 0.1) is 46.8 Å². The Labute approximate surface area is 303 Å². The number of nitrogens with zero attached hydrogens (tertiary/aromatic N) is 2. The molecule has 0 amide bonds. The largest absolute Gasteiger partial charge is 0.508 e. The van der Waals surface area contributed by atoms with E-state index in [9.17, 15) is 25.2 Å². The number of hydrogen-bond acceptors (Lipinski definition) is 9. The number of benzene rings is 3. The minimum absolute atomic E-state index is 0.0614. The van der Waals surface area contributed by atoms with Gasteiger partial charge in [0.25, 0.3) is 0 Å². The van der Waals surface area contributed by atoms with Gasteiger partial charge in [0.1, 0.15) is 18.1 Å². The van der Waals surface area contributed by atoms with Gasteiger partial charge in [-0.3, -0.25) is 4.79 Å². The average molecular weight is 699 g/mol. The van der Waals surface area contributed by atoms with E-state index < -0.39 is 11.4 Å². The topological polar surface area (TPSA) is 150 Å². The highest BCUT2D eigenvalue weighted by Gasteiger charge is 2.30. The Hall–Kier alpha value is -4.86. The third-order valence-corrected chi connectivity index (χ3v) is 9.27. The van der Waals surface area contributed by atoms with E-state index in [-0.39, 0.29) is 55.2 Å². The normalized spacial score (nSPS) is 13.8.